The number of para-hydroxylation sites is 6. The lowest BCUT2D eigenvalue weighted by Crippen LogP contribution is -2.17. The van der Waals surface area contributed by atoms with Crippen LogP contribution in [0.1, 0.15) is 114 Å². The second-order valence-corrected chi connectivity index (χ2v) is 26.7. The predicted octanol–water partition coefficient (Wildman–Crippen LogP) is 22.6. The van der Waals surface area contributed by atoms with Crippen molar-refractivity contribution in [3.8, 4) is 22.3 Å². The molecule has 11 aromatic carbocycles. The molecule has 0 fully saturated rings. The second kappa shape index (κ2) is 17.3. The van der Waals surface area contributed by atoms with Crippen molar-refractivity contribution in [1.82, 2.24) is 0 Å². The number of fused-ring (bicyclic) bond motifs is 14. The van der Waals surface area contributed by atoms with Gasteiger partial charge in [-0.2, -0.15) is 0 Å². The lowest BCUT2D eigenvalue weighted by atomic mass is 9.79. The summed E-state index contributed by atoms with van der Waals surface area (Å²) in [6.07, 6.45) is 0. The van der Waals surface area contributed by atoms with Crippen molar-refractivity contribution in [3.05, 3.63) is 239 Å². The molecule has 82 heavy (non-hydrogen) atoms. The first kappa shape index (κ1) is 50.1. The molecule has 0 unspecified atom stereocenters. The highest BCUT2D eigenvalue weighted by Gasteiger charge is 2.42. The maximum absolute atomic E-state index is 7.04. The van der Waals surface area contributed by atoms with E-state index in [2.05, 4.69) is 287 Å². The SMILES string of the molecule is Cc1ccccc1N(c1ccc2cc3c(cc2c1)C(C)(C)c1cc2c(cc1-3)C(C)(C)c1cc3cc(N(c4ccccc4C)c4cccc5c4oc4c(C(C)(C)C)cccc45)ccc3cc1-2)c1cccc2c1oc1c(C(C)(C)C)cccc12. The first-order valence-corrected chi connectivity index (χ1v) is 29.2. The Morgan fingerprint density at radius 3 is 1.05 bits per heavy atom. The summed E-state index contributed by atoms with van der Waals surface area (Å²) in [6.45, 7) is 27.7. The van der Waals surface area contributed by atoms with Crippen molar-refractivity contribution in [2.24, 2.45) is 0 Å². The van der Waals surface area contributed by atoms with Gasteiger partial charge in [-0.25, -0.2) is 0 Å². The molecule has 2 heterocycles. The Kier molecular flexibility index (Phi) is 10.6. The van der Waals surface area contributed by atoms with Gasteiger partial charge in [0.05, 0.1) is 11.4 Å². The van der Waals surface area contributed by atoms with Crippen LogP contribution in [0, 0.1) is 13.8 Å². The van der Waals surface area contributed by atoms with E-state index in [4.69, 9.17) is 8.83 Å². The number of aryl methyl sites for hydroxylation is 2. The lowest BCUT2D eigenvalue weighted by Gasteiger charge is -2.27. The molecule has 13 aromatic rings. The van der Waals surface area contributed by atoms with Crippen molar-refractivity contribution in [2.75, 3.05) is 9.80 Å². The molecular weight excluding hydrogens is 997 g/mol. The number of nitrogens with zero attached hydrogens (tertiary/aromatic N) is 2. The van der Waals surface area contributed by atoms with E-state index in [-0.39, 0.29) is 21.7 Å². The Hall–Kier alpha value is -8.86. The maximum atomic E-state index is 7.04. The largest absolute Gasteiger partial charge is 0.454 e. The molecule has 0 saturated carbocycles. The molecule has 0 aliphatic heterocycles. The highest BCUT2D eigenvalue weighted by molar-refractivity contribution is 6.13. The summed E-state index contributed by atoms with van der Waals surface area (Å²) in [7, 11) is 0. The molecule has 0 atom stereocenters. The van der Waals surface area contributed by atoms with E-state index in [1.165, 1.54) is 88.3 Å². The average molecular weight is 1070 g/mol. The minimum atomic E-state index is -0.237. The van der Waals surface area contributed by atoms with Crippen molar-refractivity contribution < 1.29 is 8.83 Å². The van der Waals surface area contributed by atoms with Crippen LogP contribution in [0.2, 0.25) is 0 Å². The maximum Gasteiger partial charge on any atom is 0.159 e. The van der Waals surface area contributed by atoms with Crippen LogP contribution >= 0.6 is 0 Å². The fourth-order valence-electron chi connectivity index (χ4n) is 14.3. The Morgan fingerprint density at radius 1 is 0.317 bits per heavy atom. The normalized spacial score (nSPS) is 14.3. The zero-order valence-electron chi connectivity index (χ0n) is 49.2. The zero-order valence-corrected chi connectivity index (χ0v) is 49.2. The van der Waals surface area contributed by atoms with Crippen LogP contribution in [0.5, 0.6) is 0 Å². The van der Waals surface area contributed by atoms with Gasteiger partial charge in [0, 0.05) is 66.3 Å². The van der Waals surface area contributed by atoms with Gasteiger partial charge in [-0.1, -0.05) is 178 Å². The minimum absolute atomic E-state index is 0.0739. The van der Waals surface area contributed by atoms with Crippen molar-refractivity contribution in [3.63, 3.8) is 0 Å². The smallest absolute Gasteiger partial charge is 0.159 e. The standard InChI is InChI=1S/C78H68N2O2/c1-45-21-13-15-29-67(45)79(69-31-19-25-55-53-23-17-27-61(75(3,4)5)71(53)81-73(55)69)51-35-33-47-39-57-59-43-66-60(44-65(59)77(9,10)63(57)41-49(47)37-51)58-40-48-34-36-52(38-50(48)42-64(58)78(66,11)12)80(68-30-16-14-22-46(68)2)70-32-20-26-56-54-24-18-28-62(76(6,7)8)72(54)82-74(56)70/h13-44H,1-12H3. The molecule has 0 saturated heterocycles. The van der Waals surface area contributed by atoms with Crippen molar-refractivity contribution >= 4 is 99.5 Å². The quantitative estimate of drug-likeness (QED) is 0.166. The second-order valence-electron chi connectivity index (χ2n) is 26.7. The third-order valence-electron chi connectivity index (χ3n) is 18.7. The van der Waals surface area contributed by atoms with Crippen LogP contribution < -0.4 is 9.80 Å². The molecule has 4 nitrogen and oxygen atoms in total. The molecular formula is C78H68N2O2. The van der Waals surface area contributed by atoms with Crippen LogP contribution in [-0.2, 0) is 21.7 Å². The predicted molar refractivity (Wildman–Crippen MR) is 347 cm³/mol. The Morgan fingerprint density at radius 2 is 0.659 bits per heavy atom. The first-order valence-electron chi connectivity index (χ1n) is 29.2. The molecule has 2 aliphatic rings. The van der Waals surface area contributed by atoms with Crippen LogP contribution in [0.25, 0.3) is 87.7 Å². The molecule has 4 heteroatoms. The van der Waals surface area contributed by atoms with Gasteiger partial charge in [0.15, 0.2) is 11.2 Å². The van der Waals surface area contributed by atoms with E-state index in [1.807, 2.05) is 0 Å². The highest BCUT2D eigenvalue weighted by Crippen LogP contribution is 2.58. The Labute approximate surface area is 481 Å². The topological polar surface area (TPSA) is 32.8 Å². The number of hydrogen-bond acceptors (Lipinski definition) is 4. The van der Waals surface area contributed by atoms with E-state index in [0.29, 0.717) is 0 Å². The average Bonchev–Trinajstić information content (AvgIpc) is 4.36. The van der Waals surface area contributed by atoms with Gasteiger partial charge in [-0.3, -0.25) is 0 Å². The molecule has 0 amide bonds. The third kappa shape index (κ3) is 7.29. The van der Waals surface area contributed by atoms with Gasteiger partial charge in [-0.15, -0.1) is 0 Å². The number of benzene rings is 11. The summed E-state index contributed by atoms with van der Waals surface area (Å²) < 4.78 is 14.1. The third-order valence-corrected chi connectivity index (χ3v) is 18.7. The van der Waals surface area contributed by atoms with Crippen LogP contribution in [0.4, 0.5) is 34.1 Å². The zero-order chi connectivity index (χ0) is 56.5. The van der Waals surface area contributed by atoms with E-state index in [9.17, 15) is 0 Å². The van der Waals surface area contributed by atoms with Crippen molar-refractivity contribution in [1.29, 1.82) is 0 Å². The number of rotatable bonds is 6. The fraction of sp³-hybridized carbons (Fsp3) is 0.205. The summed E-state index contributed by atoms with van der Waals surface area (Å²) in [5.41, 5.74) is 25.2. The molecule has 402 valence electrons. The molecule has 0 bridgehead atoms. The van der Waals surface area contributed by atoms with Crippen LogP contribution in [0.15, 0.2) is 203 Å². The number of anilines is 6. The monoisotopic (exact) mass is 1060 g/mol. The van der Waals surface area contributed by atoms with Crippen molar-refractivity contribution in [2.45, 2.75) is 105 Å². The van der Waals surface area contributed by atoms with Gasteiger partial charge in [0.25, 0.3) is 0 Å². The van der Waals surface area contributed by atoms with Gasteiger partial charge in [-0.05, 0) is 187 Å². The fourth-order valence-corrected chi connectivity index (χ4v) is 14.3. The summed E-state index contributed by atoms with van der Waals surface area (Å²) >= 11 is 0. The highest BCUT2D eigenvalue weighted by atomic mass is 16.3. The first-order chi connectivity index (χ1) is 39.3. The lowest BCUT2D eigenvalue weighted by molar-refractivity contribution is 0.572. The molecule has 0 spiro atoms. The van der Waals surface area contributed by atoms with Crippen LogP contribution in [0.3, 0.4) is 0 Å². The van der Waals surface area contributed by atoms with Crippen LogP contribution in [-0.4, -0.2) is 0 Å². The van der Waals surface area contributed by atoms with Gasteiger partial charge >= 0.3 is 0 Å². The molecule has 2 aliphatic carbocycles. The minimum Gasteiger partial charge on any atom is -0.454 e. The van der Waals surface area contributed by atoms with E-state index in [0.717, 1.165) is 78.0 Å². The number of furan rings is 2. The Bertz CT molecular complexity index is 4560. The van der Waals surface area contributed by atoms with E-state index < -0.39 is 0 Å². The molecule has 0 radical (unpaired) electrons. The summed E-state index contributed by atoms with van der Waals surface area (Å²) in [5, 5.41) is 9.44. The van der Waals surface area contributed by atoms with Gasteiger partial charge in [0.2, 0.25) is 0 Å². The van der Waals surface area contributed by atoms with E-state index >= 15 is 0 Å². The Balaban J connectivity index is 0.828. The molecule has 0 N–H and O–H groups in total. The van der Waals surface area contributed by atoms with E-state index in [1.54, 1.807) is 0 Å². The number of hydrogen-bond donors (Lipinski definition) is 0. The molecule has 15 rings (SSSR count). The molecule has 2 aromatic heterocycles. The summed E-state index contributed by atoms with van der Waals surface area (Å²) in [6, 6.07) is 72.8. The summed E-state index contributed by atoms with van der Waals surface area (Å²) in [4.78, 5) is 4.81. The summed E-state index contributed by atoms with van der Waals surface area (Å²) in [5.74, 6) is 0. The van der Waals surface area contributed by atoms with Gasteiger partial charge < -0.3 is 18.6 Å². The van der Waals surface area contributed by atoms with Gasteiger partial charge in [0.1, 0.15) is 11.2 Å².